The van der Waals surface area contributed by atoms with Crippen molar-refractivity contribution in [2.24, 2.45) is 5.41 Å². The third kappa shape index (κ3) is 5.23. The molecule has 0 spiro atoms. The third-order valence-electron chi connectivity index (χ3n) is 3.93. The summed E-state index contributed by atoms with van der Waals surface area (Å²) in [6.07, 6.45) is 4.28. The Bertz CT molecular complexity index is 368. The number of benzene rings is 1. The number of hydrogen-bond donors (Lipinski definition) is 1. The fourth-order valence-electron chi connectivity index (χ4n) is 2.49. The van der Waals surface area contributed by atoms with Gasteiger partial charge in [0.15, 0.2) is 0 Å². The van der Waals surface area contributed by atoms with E-state index in [-0.39, 0.29) is 11.2 Å². The molecule has 0 fully saturated rings. The molecule has 19 heavy (non-hydrogen) atoms. The monoisotopic (exact) mass is 329 g/mol. The van der Waals surface area contributed by atoms with Crippen molar-refractivity contribution in [3.63, 3.8) is 0 Å². The van der Waals surface area contributed by atoms with Crippen LogP contribution in [-0.2, 0) is 6.42 Å². The normalized spacial score (nSPS) is 11.8. The first-order valence-electron chi connectivity index (χ1n) is 7.21. The minimum atomic E-state index is -0.160. The maximum absolute atomic E-state index is 13.5. The molecular formula is C16H25BrFN. The molecule has 0 unspecified atom stereocenters. The first-order chi connectivity index (χ1) is 9.05. The van der Waals surface area contributed by atoms with Crippen molar-refractivity contribution in [1.29, 1.82) is 0 Å². The zero-order valence-corrected chi connectivity index (χ0v) is 13.8. The first kappa shape index (κ1) is 16.6. The van der Waals surface area contributed by atoms with Crippen LogP contribution in [0.4, 0.5) is 4.39 Å². The lowest BCUT2D eigenvalue weighted by molar-refractivity contribution is 0.246. The highest BCUT2D eigenvalue weighted by atomic mass is 79.9. The van der Waals surface area contributed by atoms with Gasteiger partial charge in [0.2, 0.25) is 0 Å². The SMILES string of the molecule is CCCNCC(CC)(CC)Cc1cc(F)cc(Br)c1. The first-order valence-corrected chi connectivity index (χ1v) is 8.00. The third-order valence-corrected chi connectivity index (χ3v) is 4.39. The summed E-state index contributed by atoms with van der Waals surface area (Å²) in [5.74, 6) is -0.160. The van der Waals surface area contributed by atoms with E-state index >= 15 is 0 Å². The predicted molar refractivity (Wildman–Crippen MR) is 84.0 cm³/mol. The fraction of sp³-hybridized carbons (Fsp3) is 0.625. The lowest BCUT2D eigenvalue weighted by Gasteiger charge is -2.32. The van der Waals surface area contributed by atoms with Crippen molar-refractivity contribution in [3.8, 4) is 0 Å². The summed E-state index contributed by atoms with van der Waals surface area (Å²) in [6.45, 7) is 8.68. The van der Waals surface area contributed by atoms with Gasteiger partial charge < -0.3 is 5.32 Å². The highest BCUT2D eigenvalue weighted by Gasteiger charge is 2.26. The van der Waals surface area contributed by atoms with Crippen LogP contribution in [0.25, 0.3) is 0 Å². The van der Waals surface area contributed by atoms with E-state index < -0.39 is 0 Å². The van der Waals surface area contributed by atoms with Crippen LogP contribution in [0.3, 0.4) is 0 Å². The molecule has 0 atom stereocenters. The van der Waals surface area contributed by atoms with E-state index in [2.05, 4.69) is 42.0 Å². The number of hydrogen-bond acceptors (Lipinski definition) is 1. The predicted octanol–water partition coefficient (Wildman–Crippen LogP) is 4.94. The molecule has 1 N–H and O–H groups in total. The molecule has 0 aliphatic carbocycles. The van der Waals surface area contributed by atoms with Crippen LogP contribution in [0.1, 0.15) is 45.6 Å². The Kier molecular flexibility index (Phi) is 7.01. The molecule has 0 aromatic heterocycles. The van der Waals surface area contributed by atoms with Crippen LogP contribution in [0.2, 0.25) is 0 Å². The minimum absolute atomic E-state index is 0.160. The molecule has 108 valence electrons. The zero-order valence-electron chi connectivity index (χ0n) is 12.2. The summed E-state index contributed by atoms with van der Waals surface area (Å²) in [4.78, 5) is 0. The van der Waals surface area contributed by atoms with E-state index in [9.17, 15) is 4.39 Å². The Labute approximate surface area is 125 Å². The smallest absolute Gasteiger partial charge is 0.124 e. The molecule has 3 heteroatoms. The molecule has 0 aliphatic heterocycles. The molecule has 0 aliphatic rings. The summed E-state index contributed by atoms with van der Waals surface area (Å²) in [5.41, 5.74) is 1.30. The second-order valence-corrected chi connectivity index (χ2v) is 6.25. The lowest BCUT2D eigenvalue weighted by atomic mass is 9.77. The average molecular weight is 330 g/mol. The summed E-state index contributed by atoms with van der Waals surface area (Å²) >= 11 is 3.37. The second kappa shape index (κ2) is 8.01. The summed E-state index contributed by atoms with van der Waals surface area (Å²) in [6, 6.07) is 5.20. The standard InChI is InChI=1S/C16H25BrFN/c1-4-7-19-12-16(5-2,6-3)11-13-8-14(17)10-15(18)9-13/h8-10,19H,4-7,11-12H2,1-3H3. The highest BCUT2D eigenvalue weighted by Crippen LogP contribution is 2.31. The van der Waals surface area contributed by atoms with Crippen molar-refractivity contribution in [1.82, 2.24) is 5.32 Å². The number of halogens is 2. The Morgan fingerprint density at radius 3 is 2.37 bits per heavy atom. The van der Waals surface area contributed by atoms with Crippen LogP contribution < -0.4 is 5.32 Å². The van der Waals surface area contributed by atoms with E-state index in [1.807, 2.05) is 6.07 Å². The van der Waals surface area contributed by atoms with Gasteiger partial charge in [-0.2, -0.15) is 0 Å². The molecule has 1 nitrogen and oxygen atoms in total. The maximum atomic E-state index is 13.5. The van der Waals surface area contributed by atoms with Crippen LogP contribution in [0.15, 0.2) is 22.7 Å². The van der Waals surface area contributed by atoms with Crippen LogP contribution in [-0.4, -0.2) is 13.1 Å². The van der Waals surface area contributed by atoms with Gasteiger partial charge in [-0.1, -0.05) is 36.7 Å². The van der Waals surface area contributed by atoms with Gasteiger partial charge in [0.1, 0.15) is 5.82 Å². The average Bonchev–Trinajstić information content (AvgIpc) is 2.36. The fourth-order valence-corrected chi connectivity index (χ4v) is 3.00. The molecule has 1 aromatic carbocycles. The van der Waals surface area contributed by atoms with Gasteiger partial charge in [0, 0.05) is 11.0 Å². The van der Waals surface area contributed by atoms with E-state index in [0.717, 1.165) is 48.8 Å². The Morgan fingerprint density at radius 2 is 1.84 bits per heavy atom. The van der Waals surface area contributed by atoms with Crippen molar-refractivity contribution in [2.75, 3.05) is 13.1 Å². The molecule has 0 saturated carbocycles. The van der Waals surface area contributed by atoms with E-state index in [1.165, 1.54) is 6.07 Å². The van der Waals surface area contributed by atoms with Gasteiger partial charge in [-0.3, -0.25) is 0 Å². The van der Waals surface area contributed by atoms with Crippen molar-refractivity contribution in [3.05, 3.63) is 34.1 Å². The van der Waals surface area contributed by atoms with Gasteiger partial charge in [-0.25, -0.2) is 4.39 Å². The molecule has 0 amide bonds. The topological polar surface area (TPSA) is 12.0 Å². The zero-order chi connectivity index (χ0) is 14.3. The summed E-state index contributed by atoms with van der Waals surface area (Å²) < 4.78 is 14.3. The van der Waals surface area contributed by atoms with Crippen LogP contribution >= 0.6 is 15.9 Å². The largest absolute Gasteiger partial charge is 0.316 e. The molecular weight excluding hydrogens is 305 g/mol. The Hall–Kier alpha value is -0.410. The van der Waals surface area contributed by atoms with E-state index in [4.69, 9.17) is 0 Å². The molecule has 0 heterocycles. The van der Waals surface area contributed by atoms with Gasteiger partial charge in [0.05, 0.1) is 0 Å². The summed E-state index contributed by atoms with van der Waals surface area (Å²) in [5, 5.41) is 3.52. The van der Waals surface area contributed by atoms with E-state index in [1.54, 1.807) is 6.07 Å². The molecule has 1 aromatic rings. The molecule has 0 radical (unpaired) electrons. The van der Waals surface area contributed by atoms with Gasteiger partial charge in [0.25, 0.3) is 0 Å². The maximum Gasteiger partial charge on any atom is 0.124 e. The van der Waals surface area contributed by atoms with E-state index in [0.29, 0.717) is 0 Å². The minimum Gasteiger partial charge on any atom is -0.316 e. The van der Waals surface area contributed by atoms with Crippen LogP contribution in [0, 0.1) is 11.2 Å². The second-order valence-electron chi connectivity index (χ2n) is 5.34. The number of nitrogens with one attached hydrogen (secondary N) is 1. The van der Waals surface area contributed by atoms with Gasteiger partial charge in [-0.05, 0) is 61.4 Å². The van der Waals surface area contributed by atoms with Crippen LogP contribution in [0.5, 0.6) is 0 Å². The Morgan fingerprint density at radius 1 is 1.16 bits per heavy atom. The van der Waals surface area contributed by atoms with Crippen molar-refractivity contribution < 1.29 is 4.39 Å². The highest BCUT2D eigenvalue weighted by molar-refractivity contribution is 9.10. The van der Waals surface area contributed by atoms with Gasteiger partial charge in [-0.15, -0.1) is 0 Å². The van der Waals surface area contributed by atoms with Crippen molar-refractivity contribution >= 4 is 15.9 Å². The number of rotatable bonds is 8. The molecule has 0 bridgehead atoms. The Balaban J connectivity index is 2.81. The molecule has 0 saturated heterocycles. The van der Waals surface area contributed by atoms with Crippen molar-refractivity contribution in [2.45, 2.75) is 46.5 Å². The van der Waals surface area contributed by atoms with Gasteiger partial charge >= 0.3 is 0 Å². The molecule has 1 rings (SSSR count). The lowest BCUT2D eigenvalue weighted by Crippen LogP contribution is -2.35. The summed E-state index contributed by atoms with van der Waals surface area (Å²) in [7, 11) is 0. The quantitative estimate of drug-likeness (QED) is 0.666.